The van der Waals surface area contributed by atoms with Crippen LogP contribution in [-0.2, 0) is 9.59 Å². The molecule has 0 aromatic heterocycles. The summed E-state index contributed by atoms with van der Waals surface area (Å²) in [6, 6.07) is 9.32. The van der Waals surface area contributed by atoms with Crippen LogP contribution in [0.5, 0.6) is 17.2 Å². The Labute approximate surface area is 198 Å². The minimum atomic E-state index is -0.751. The molecule has 0 radical (unpaired) electrons. The molecule has 1 unspecified atom stereocenters. The molecule has 1 heterocycles. The molecule has 176 valence electrons. The van der Waals surface area contributed by atoms with Gasteiger partial charge in [0.15, 0.2) is 0 Å². The number of likely N-dealkylation sites (tertiary alicyclic amines) is 1. The third-order valence-corrected chi connectivity index (χ3v) is 6.00. The van der Waals surface area contributed by atoms with E-state index in [1.807, 2.05) is 0 Å². The largest absolute Gasteiger partial charge is 0.507 e. The van der Waals surface area contributed by atoms with Crippen LogP contribution in [0.1, 0.15) is 43.4 Å². The Morgan fingerprint density at radius 3 is 2.24 bits per heavy atom. The number of unbranched alkanes of at least 4 members (excludes halogenated alkanes) is 2. The van der Waals surface area contributed by atoms with Gasteiger partial charge < -0.3 is 24.2 Å². The number of ketones is 1. The molecule has 1 N–H and O–H groups in total. The lowest BCUT2D eigenvalue weighted by molar-refractivity contribution is -0.139. The summed E-state index contributed by atoms with van der Waals surface area (Å²) in [5.74, 6) is -0.542. The number of halogens is 1. The van der Waals surface area contributed by atoms with E-state index in [0.717, 1.165) is 19.3 Å². The zero-order valence-electron chi connectivity index (χ0n) is 19.2. The Kier molecular flexibility index (Phi) is 7.87. The molecule has 2 aromatic rings. The highest BCUT2D eigenvalue weighted by Crippen LogP contribution is 2.43. The van der Waals surface area contributed by atoms with Gasteiger partial charge >= 0.3 is 0 Å². The number of hydrogen-bond donors (Lipinski definition) is 1. The van der Waals surface area contributed by atoms with E-state index in [0.29, 0.717) is 23.6 Å². The molecule has 0 saturated carbocycles. The van der Waals surface area contributed by atoms with Crippen LogP contribution in [0.3, 0.4) is 0 Å². The van der Waals surface area contributed by atoms with Crippen LogP contribution < -0.4 is 14.2 Å². The monoisotopic (exact) mass is 473 g/mol. The molecule has 1 atom stereocenters. The number of amides is 1. The maximum Gasteiger partial charge on any atom is 0.295 e. The van der Waals surface area contributed by atoms with Crippen LogP contribution in [0, 0.1) is 0 Å². The number of carbonyl (C=O) groups is 2. The van der Waals surface area contributed by atoms with E-state index in [4.69, 9.17) is 25.8 Å². The third kappa shape index (κ3) is 4.78. The molecule has 1 amide bonds. The van der Waals surface area contributed by atoms with Gasteiger partial charge in [0.2, 0.25) is 0 Å². The molecule has 0 bridgehead atoms. The Morgan fingerprint density at radius 1 is 1.00 bits per heavy atom. The van der Waals surface area contributed by atoms with E-state index in [2.05, 4.69) is 6.92 Å². The molecule has 0 spiro atoms. The Bertz CT molecular complexity index is 1060. The third-order valence-electron chi connectivity index (χ3n) is 5.70. The van der Waals surface area contributed by atoms with Gasteiger partial charge in [0.05, 0.1) is 43.5 Å². The van der Waals surface area contributed by atoms with Crippen LogP contribution in [0.25, 0.3) is 5.76 Å². The van der Waals surface area contributed by atoms with Crippen molar-refractivity contribution in [1.29, 1.82) is 0 Å². The number of aliphatic hydroxyl groups excluding tert-OH is 1. The fourth-order valence-electron chi connectivity index (χ4n) is 3.97. The number of hydrogen-bond acceptors (Lipinski definition) is 6. The smallest absolute Gasteiger partial charge is 0.295 e. The van der Waals surface area contributed by atoms with Crippen LogP contribution in [0.15, 0.2) is 42.0 Å². The van der Waals surface area contributed by atoms with Crippen molar-refractivity contribution < 1.29 is 28.9 Å². The average molecular weight is 474 g/mol. The normalized spacial score (nSPS) is 17.4. The summed E-state index contributed by atoms with van der Waals surface area (Å²) in [6.45, 7) is 2.46. The predicted octanol–water partition coefficient (Wildman–Crippen LogP) is 4.98. The first-order valence-electron chi connectivity index (χ1n) is 10.7. The average Bonchev–Trinajstić information content (AvgIpc) is 3.08. The number of nitrogens with zero attached hydrogens (tertiary/aromatic N) is 1. The second-order valence-corrected chi connectivity index (χ2v) is 8.07. The van der Waals surface area contributed by atoms with Crippen molar-refractivity contribution in [2.24, 2.45) is 0 Å². The van der Waals surface area contributed by atoms with E-state index in [1.165, 1.54) is 31.3 Å². The summed E-state index contributed by atoms with van der Waals surface area (Å²) in [7, 11) is 4.44. The number of rotatable bonds is 9. The van der Waals surface area contributed by atoms with E-state index < -0.39 is 17.7 Å². The second kappa shape index (κ2) is 10.6. The summed E-state index contributed by atoms with van der Waals surface area (Å²) in [5, 5.41) is 11.6. The quantitative estimate of drug-likeness (QED) is 0.239. The molecule has 1 aliphatic rings. The van der Waals surface area contributed by atoms with Crippen molar-refractivity contribution in [3.63, 3.8) is 0 Å². The van der Waals surface area contributed by atoms with Crippen molar-refractivity contribution in [2.75, 3.05) is 27.9 Å². The van der Waals surface area contributed by atoms with Gasteiger partial charge in [-0.15, -0.1) is 0 Å². The van der Waals surface area contributed by atoms with Gasteiger partial charge in [0, 0.05) is 12.6 Å². The number of aliphatic hydroxyl groups is 1. The zero-order chi connectivity index (χ0) is 24.1. The molecule has 7 nitrogen and oxygen atoms in total. The molecule has 1 aliphatic heterocycles. The van der Waals surface area contributed by atoms with Crippen LogP contribution in [0.4, 0.5) is 0 Å². The minimum absolute atomic E-state index is 0.00987. The number of ether oxygens (including phenoxy) is 3. The fourth-order valence-corrected chi connectivity index (χ4v) is 4.20. The van der Waals surface area contributed by atoms with Crippen molar-refractivity contribution in [2.45, 2.75) is 32.2 Å². The van der Waals surface area contributed by atoms with E-state index in [9.17, 15) is 14.7 Å². The molecule has 1 saturated heterocycles. The molecule has 33 heavy (non-hydrogen) atoms. The Hall–Kier alpha value is -3.19. The maximum absolute atomic E-state index is 13.2. The number of carbonyl (C=O) groups excluding carboxylic acids is 2. The van der Waals surface area contributed by atoms with Crippen molar-refractivity contribution in [3.05, 3.63) is 58.1 Å². The zero-order valence-corrected chi connectivity index (χ0v) is 19.9. The van der Waals surface area contributed by atoms with Gasteiger partial charge in [-0.2, -0.15) is 0 Å². The molecular weight excluding hydrogens is 446 g/mol. The molecule has 2 aromatic carbocycles. The molecule has 0 aliphatic carbocycles. The Morgan fingerprint density at radius 2 is 1.67 bits per heavy atom. The number of benzene rings is 2. The van der Waals surface area contributed by atoms with Crippen molar-refractivity contribution in [3.8, 4) is 17.2 Å². The highest BCUT2D eigenvalue weighted by Gasteiger charge is 2.46. The highest BCUT2D eigenvalue weighted by atomic mass is 35.5. The minimum Gasteiger partial charge on any atom is -0.507 e. The molecule has 1 fully saturated rings. The van der Waals surface area contributed by atoms with Gasteiger partial charge in [0.25, 0.3) is 11.7 Å². The second-order valence-electron chi connectivity index (χ2n) is 7.66. The molecular formula is C25H28ClNO6. The van der Waals surface area contributed by atoms with Crippen molar-refractivity contribution >= 4 is 29.1 Å². The van der Waals surface area contributed by atoms with E-state index >= 15 is 0 Å². The lowest BCUT2D eigenvalue weighted by Gasteiger charge is -2.25. The first-order valence-corrected chi connectivity index (χ1v) is 11.1. The van der Waals surface area contributed by atoms with E-state index in [-0.39, 0.29) is 27.7 Å². The predicted molar refractivity (Wildman–Crippen MR) is 126 cm³/mol. The van der Waals surface area contributed by atoms with Gasteiger partial charge in [0.1, 0.15) is 23.0 Å². The SMILES string of the molecule is CCCCCN1C(=O)C(=O)/C(=C(/O)c2cc(OC)c(Cl)cc2OC)C1c1ccc(OC)cc1. The summed E-state index contributed by atoms with van der Waals surface area (Å²) in [6.07, 6.45) is 2.63. The topological polar surface area (TPSA) is 85.3 Å². The van der Waals surface area contributed by atoms with Crippen LogP contribution in [-0.4, -0.2) is 49.6 Å². The molecule has 8 heteroatoms. The van der Waals surface area contributed by atoms with Gasteiger partial charge in [-0.1, -0.05) is 43.5 Å². The lowest BCUT2D eigenvalue weighted by Crippen LogP contribution is -2.30. The summed E-state index contributed by atoms with van der Waals surface area (Å²) in [4.78, 5) is 27.7. The summed E-state index contributed by atoms with van der Waals surface area (Å²) < 4.78 is 15.9. The first-order chi connectivity index (χ1) is 15.9. The van der Waals surface area contributed by atoms with Crippen molar-refractivity contribution in [1.82, 2.24) is 4.90 Å². The number of methoxy groups -OCH3 is 3. The lowest BCUT2D eigenvalue weighted by atomic mass is 9.94. The van der Waals surface area contributed by atoms with Crippen LogP contribution >= 0.6 is 11.6 Å². The van der Waals surface area contributed by atoms with Gasteiger partial charge in [-0.25, -0.2) is 0 Å². The Balaban J connectivity index is 2.20. The van der Waals surface area contributed by atoms with E-state index in [1.54, 1.807) is 31.4 Å². The maximum atomic E-state index is 13.2. The standard InChI is InChI=1S/C25H28ClNO6/c1-5-6-7-12-27-22(15-8-10-16(31-2)11-9-15)21(24(29)25(27)30)23(28)17-13-20(33-4)18(26)14-19(17)32-3/h8-11,13-14,22,28H,5-7,12H2,1-4H3/b23-21+. The van der Waals surface area contributed by atoms with Gasteiger partial charge in [-0.05, 0) is 30.2 Å². The fraction of sp³-hybridized carbons (Fsp3) is 0.360. The summed E-state index contributed by atoms with van der Waals surface area (Å²) in [5.41, 5.74) is 0.890. The number of Topliss-reactive ketones (excluding diaryl/α,β-unsaturated/α-hetero) is 1. The van der Waals surface area contributed by atoms with Gasteiger partial charge in [-0.3, -0.25) is 9.59 Å². The highest BCUT2D eigenvalue weighted by molar-refractivity contribution is 6.46. The van der Waals surface area contributed by atoms with Crippen LogP contribution in [0.2, 0.25) is 5.02 Å². The molecule has 3 rings (SSSR count). The first kappa shape index (κ1) is 24.5. The summed E-state index contributed by atoms with van der Waals surface area (Å²) >= 11 is 6.20.